The standard InChI is InChI=1S/C22H24N2O4/c1-13-10-15-4-2-3-5-17(15)18(13)12-20(22(27)28)24-21(26)19(23)11-14-6-8-16(25)9-7-14/h2-9,19-20,25H,10-12,23H2,1H3,(H,24,26)(H,27,28)/t19-,20-/m0/s1. The van der Waals surface area contributed by atoms with Crippen LogP contribution in [0.25, 0.3) is 5.57 Å². The number of hydrogen-bond acceptors (Lipinski definition) is 4. The topological polar surface area (TPSA) is 113 Å². The Hall–Kier alpha value is -3.12. The van der Waals surface area contributed by atoms with Crippen LogP contribution in [-0.2, 0) is 22.4 Å². The Balaban J connectivity index is 1.68. The van der Waals surface area contributed by atoms with Crippen molar-refractivity contribution in [3.63, 3.8) is 0 Å². The van der Waals surface area contributed by atoms with E-state index in [1.807, 2.05) is 31.2 Å². The number of benzene rings is 2. The van der Waals surface area contributed by atoms with E-state index in [-0.39, 0.29) is 18.6 Å². The smallest absolute Gasteiger partial charge is 0.326 e. The summed E-state index contributed by atoms with van der Waals surface area (Å²) in [4.78, 5) is 24.2. The zero-order chi connectivity index (χ0) is 20.3. The highest BCUT2D eigenvalue weighted by atomic mass is 16.4. The van der Waals surface area contributed by atoms with Crippen LogP contribution in [0.1, 0.15) is 30.0 Å². The third-order valence-electron chi connectivity index (χ3n) is 5.06. The number of aromatic hydroxyl groups is 1. The fourth-order valence-corrected chi connectivity index (χ4v) is 3.54. The number of carboxylic acid groups (broad SMARTS) is 1. The molecule has 1 aliphatic carbocycles. The summed E-state index contributed by atoms with van der Waals surface area (Å²) in [5.74, 6) is -1.46. The van der Waals surface area contributed by atoms with Crippen LogP contribution < -0.4 is 11.1 Å². The van der Waals surface area contributed by atoms with E-state index in [4.69, 9.17) is 5.73 Å². The van der Waals surface area contributed by atoms with Crippen LogP contribution in [0.4, 0.5) is 0 Å². The highest BCUT2D eigenvalue weighted by Crippen LogP contribution is 2.35. The van der Waals surface area contributed by atoms with Gasteiger partial charge in [0.1, 0.15) is 11.8 Å². The molecule has 5 N–H and O–H groups in total. The van der Waals surface area contributed by atoms with E-state index in [2.05, 4.69) is 5.32 Å². The molecule has 0 aromatic heterocycles. The SMILES string of the molecule is CC1=C(C[C@H](NC(=O)[C@@H](N)Cc2ccc(O)cc2)C(=O)O)c2ccccc2C1. The van der Waals surface area contributed by atoms with Crippen LogP contribution in [-0.4, -0.2) is 34.2 Å². The first kappa shape index (κ1) is 19.6. The van der Waals surface area contributed by atoms with Crippen molar-refractivity contribution in [2.24, 2.45) is 5.73 Å². The lowest BCUT2D eigenvalue weighted by atomic mass is 9.98. The van der Waals surface area contributed by atoms with Gasteiger partial charge in [0, 0.05) is 6.42 Å². The Labute approximate surface area is 163 Å². The van der Waals surface area contributed by atoms with Crippen molar-refractivity contribution >= 4 is 17.4 Å². The first-order valence-corrected chi connectivity index (χ1v) is 9.18. The number of phenolic OH excluding ortho intramolecular Hbond substituents is 1. The van der Waals surface area contributed by atoms with E-state index < -0.39 is 24.0 Å². The molecule has 0 fully saturated rings. The fourth-order valence-electron chi connectivity index (χ4n) is 3.54. The van der Waals surface area contributed by atoms with E-state index in [1.165, 1.54) is 17.7 Å². The molecule has 0 aliphatic heterocycles. The number of carbonyl (C=O) groups is 2. The molecule has 2 atom stereocenters. The lowest BCUT2D eigenvalue weighted by Crippen LogP contribution is -2.49. The van der Waals surface area contributed by atoms with Crippen LogP contribution in [0, 0.1) is 0 Å². The summed E-state index contributed by atoms with van der Waals surface area (Å²) in [5.41, 5.74) is 11.1. The van der Waals surface area contributed by atoms with Gasteiger partial charge in [-0.1, -0.05) is 42.0 Å². The zero-order valence-electron chi connectivity index (χ0n) is 15.7. The Morgan fingerprint density at radius 3 is 2.46 bits per heavy atom. The predicted molar refractivity (Wildman–Crippen MR) is 107 cm³/mol. The van der Waals surface area contributed by atoms with E-state index in [0.717, 1.165) is 28.7 Å². The maximum Gasteiger partial charge on any atom is 0.326 e. The highest BCUT2D eigenvalue weighted by molar-refractivity contribution is 5.89. The van der Waals surface area contributed by atoms with Crippen LogP contribution in [0.2, 0.25) is 0 Å². The molecular weight excluding hydrogens is 356 g/mol. The highest BCUT2D eigenvalue weighted by Gasteiger charge is 2.28. The third kappa shape index (κ3) is 4.40. The first-order valence-electron chi connectivity index (χ1n) is 9.18. The molecule has 3 rings (SSSR count). The van der Waals surface area contributed by atoms with Gasteiger partial charge in [-0.05, 0) is 54.2 Å². The Morgan fingerprint density at radius 2 is 1.79 bits per heavy atom. The minimum Gasteiger partial charge on any atom is -0.508 e. The number of carbonyl (C=O) groups excluding carboxylic acids is 1. The van der Waals surface area contributed by atoms with Crippen molar-refractivity contribution in [1.82, 2.24) is 5.32 Å². The molecule has 1 amide bonds. The summed E-state index contributed by atoms with van der Waals surface area (Å²) in [7, 11) is 0. The summed E-state index contributed by atoms with van der Waals surface area (Å²) in [6.07, 6.45) is 1.27. The Bertz CT molecular complexity index is 918. The van der Waals surface area contributed by atoms with Crippen molar-refractivity contribution in [2.75, 3.05) is 0 Å². The lowest BCUT2D eigenvalue weighted by molar-refractivity contribution is -0.141. The van der Waals surface area contributed by atoms with Crippen molar-refractivity contribution in [3.8, 4) is 5.75 Å². The Morgan fingerprint density at radius 1 is 1.11 bits per heavy atom. The lowest BCUT2D eigenvalue weighted by Gasteiger charge is -2.19. The summed E-state index contributed by atoms with van der Waals surface area (Å²) in [6, 6.07) is 12.4. The molecular formula is C22H24N2O4. The van der Waals surface area contributed by atoms with Gasteiger partial charge in [0.05, 0.1) is 6.04 Å². The average molecular weight is 380 g/mol. The molecule has 0 spiro atoms. The second kappa shape index (κ2) is 8.27. The normalized spacial score (nSPS) is 15.1. The van der Waals surface area contributed by atoms with E-state index in [9.17, 15) is 19.8 Å². The van der Waals surface area contributed by atoms with Crippen LogP contribution in [0.5, 0.6) is 5.75 Å². The number of nitrogens with one attached hydrogen (secondary N) is 1. The van der Waals surface area contributed by atoms with Crippen molar-refractivity contribution in [2.45, 2.75) is 38.3 Å². The number of hydrogen-bond donors (Lipinski definition) is 4. The second-order valence-corrected chi connectivity index (χ2v) is 7.17. The molecule has 6 nitrogen and oxygen atoms in total. The number of amides is 1. The van der Waals surface area contributed by atoms with Gasteiger partial charge in [0.25, 0.3) is 0 Å². The van der Waals surface area contributed by atoms with Gasteiger partial charge in [-0.2, -0.15) is 0 Å². The summed E-state index contributed by atoms with van der Waals surface area (Å²) in [6.45, 7) is 1.99. The van der Waals surface area contributed by atoms with Gasteiger partial charge in [-0.25, -0.2) is 4.79 Å². The molecule has 6 heteroatoms. The van der Waals surface area contributed by atoms with Crippen molar-refractivity contribution in [1.29, 1.82) is 0 Å². The van der Waals surface area contributed by atoms with Gasteiger partial charge in [0.15, 0.2) is 0 Å². The summed E-state index contributed by atoms with van der Waals surface area (Å²) >= 11 is 0. The molecule has 28 heavy (non-hydrogen) atoms. The monoisotopic (exact) mass is 380 g/mol. The van der Waals surface area contributed by atoms with E-state index >= 15 is 0 Å². The number of aliphatic carboxylic acids is 1. The molecule has 0 heterocycles. The van der Waals surface area contributed by atoms with Crippen molar-refractivity contribution in [3.05, 3.63) is 70.8 Å². The molecule has 2 aromatic carbocycles. The molecule has 1 aliphatic rings. The van der Waals surface area contributed by atoms with E-state index in [1.54, 1.807) is 12.1 Å². The fraction of sp³-hybridized carbons (Fsp3) is 0.273. The number of phenols is 1. The third-order valence-corrected chi connectivity index (χ3v) is 5.06. The summed E-state index contributed by atoms with van der Waals surface area (Å²) < 4.78 is 0. The molecule has 0 saturated carbocycles. The molecule has 2 aromatic rings. The minimum atomic E-state index is -1.09. The van der Waals surface area contributed by atoms with Crippen LogP contribution >= 0.6 is 0 Å². The molecule has 0 radical (unpaired) electrons. The maximum atomic E-state index is 12.5. The largest absolute Gasteiger partial charge is 0.508 e. The van der Waals surface area contributed by atoms with Crippen LogP contribution in [0.15, 0.2) is 54.1 Å². The van der Waals surface area contributed by atoms with Gasteiger partial charge in [-0.3, -0.25) is 4.79 Å². The van der Waals surface area contributed by atoms with Gasteiger partial charge >= 0.3 is 5.97 Å². The number of carboxylic acids is 1. The zero-order valence-corrected chi connectivity index (χ0v) is 15.7. The quantitative estimate of drug-likeness (QED) is 0.588. The molecule has 0 saturated heterocycles. The number of rotatable bonds is 7. The molecule has 0 unspecified atom stereocenters. The minimum absolute atomic E-state index is 0.133. The van der Waals surface area contributed by atoms with E-state index in [0.29, 0.717) is 0 Å². The van der Waals surface area contributed by atoms with Crippen LogP contribution in [0.3, 0.4) is 0 Å². The average Bonchev–Trinajstić information content (AvgIpc) is 2.98. The summed E-state index contributed by atoms with van der Waals surface area (Å²) in [5, 5.41) is 21.5. The second-order valence-electron chi connectivity index (χ2n) is 7.17. The molecule has 146 valence electrons. The predicted octanol–water partition coefficient (Wildman–Crippen LogP) is 2.25. The number of fused-ring (bicyclic) bond motifs is 1. The maximum absolute atomic E-state index is 12.5. The number of nitrogens with two attached hydrogens (primary N) is 1. The van der Waals surface area contributed by atoms with Gasteiger partial charge in [0.2, 0.25) is 5.91 Å². The van der Waals surface area contributed by atoms with Crippen molar-refractivity contribution < 1.29 is 19.8 Å². The molecule has 0 bridgehead atoms. The van der Waals surface area contributed by atoms with Gasteiger partial charge in [-0.15, -0.1) is 0 Å². The first-order chi connectivity index (χ1) is 13.3. The Kier molecular flexibility index (Phi) is 5.80. The van der Waals surface area contributed by atoms with Gasteiger partial charge < -0.3 is 21.3 Å². The number of allylic oxidation sites excluding steroid dienone is 1.